The quantitative estimate of drug-likeness (QED) is 0.0337. The average molecular weight is 837 g/mol. The second-order valence-corrected chi connectivity index (χ2v) is 16.1. The number of amides is 1. The number of halogens is 5. The molecule has 0 unspecified atom stereocenters. The van der Waals surface area contributed by atoms with Crippen molar-refractivity contribution >= 4 is 5.91 Å². The Bertz CT molecular complexity index is 1920. The molecule has 326 valence electrons. The van der Waals surface area contributed by atoms with E-state index >= 15 is 0 Å². The number of hydrogen-bond donors (Lipinski definition) is 2. The Balaban J connectivity index is 1.35. The zero-order chi connectivity index (χ0) is 43.0. The van der Waals surface area contributed by atoms with E-state index in [1.807, 2.05) is 54.6 Å². The van der Waals surface area contributed by atoms with Gasteiger partial charge in [0.15, 0.2) is 29.6 Å². The highest BCUT2D eigenvalue weighted by Crippen LogP contribution is 2.42. The van der Waals surface area contributed by atoms with Crippen molar-refractivity contribution in [3.8, 4) is 11.1 Å². The smallest absolute Gasteiger partial charge is 0.257 e. The summed E-state index contributed by atoms with van der Waals surface area (Å²) in [7, 11) is 0. The Hall–Kier alpha value is -4.16. The number of benzene rings is 4. The Morgan fingerprint density at radius 3 is 1.80 bits per heavy atom. The molecule has 0 radical (unpaired) electrons. The van der Waals surface area contributed by atoms with Crippen LogP contribution in [0.5, 0.6) is 0 Å². The fraction of sp³-hybridized carbons (Fsp3) is 0.490. The maximum absolute atomic E-state index is 14.3. The van der Waals surface area contributed by atoms with Crippen LogP contribution in [-0.2, 0) is 22.6 Å². The van der Waals surface area contributed by atoms with Crippen LogP contribution < -0.4 is 5.32 Å². The van der Waals surface area contributed by atoms with Gasteiger partial charge in [0, 0.05) is 24.6 Å². The average Bonchev–Trinajstić information content (AvgIpc) is 3.27. The zero-order valence-corrected chi connectivity index (χ0v) is 35.3. The molecule has 4 aromatic carbocycles. The summed E-state index contributed by atoms with van der Waals surface area (Å²) in [5.74, 6) is -12.5. The molecule has 0 aromatic heterocycles. The summed E-state index contributed by atoms with van der Waals surface area (Å²) in [6, 6.07) is 22.7. The van der Waals surface area contributed by atoms with Crippen LogP contribution >= 0.6 is 0 Å². The van der Waals surface area contributed by atoms with E-state index in [0.717, 1.165) is 60.3 Å². The molecule has 0 bridgehead atoms. The van der Waals surface area contributed by atoms with Gasteiger partial charge in [0.2, 0.25) is 5.82 Å². The lowest BCUT2D eigenvalue weighted by Crippen LogP contribution is -2.45. The number of aliphatic hydroxyl groups is 1. The molecule has 4 atom stereocenters. The number of aliphatic hydroxyl groups excluding tert-OH is 1. The minimum absolute atomic E-state index is 0.0257. The van der Waals surface area contributed by atoms with E-state index < -0.39 is 46.8 Å². The maximum atomic E-state index is 14.3. The number of unbranched alkanes of at least 4 members (excludes halogenated alkanes) is 10. The van der Waals surface area contributed by atoms with Gasteiger partial charge in [0.1, 0.15) is 5.56 Å². The second-order valence-electron chi connectivity index (χ2n) is 16.1. The zero-order valence-electron chi connectivity index (χ0n) is 35.3. The van der Waals surface area contributed by atoms with Gasteiger partial charge in [-0.05, 0) is 65.9 Å². The molecule has 0 aliphatic carbocycles. The Labute approximate surface area is 352 Å². The van der Waals surface area contributed by atoms with Crippen LogP contribution in [-0.4, -0.2) is 41.7 Å². The predicted octanol–water partition coefficient (Wildman–Crippen LogP) is 12.3. The van der Waals surface area contributed by atoms with Crippen LogP contribution in [0, 0.1) is 35.0 Å². The number of nitrogens with zero attached hydrogens (tertiary/aromatic N) is 1. The van der Waals surface area contributed by atoms with Gasteiger partial charge in [-0.1, -0.05) is 146 Å². The molecule has 60 heavy (non-hydrogen) atoms. The summed E-state index contributed by atoms with van der Waals surface area (Å²) in [4.78, 5) is 15.2. The molecule has 1 heterocycles. The summed E-state index contributed by atoms with van der Waals surface area (Å²) in [5, 5.41) is 12.0. The normalized spacial score (nSPS) is 18.0. The Kier molecular flexibility index (Phi) is 18.6. The number of rotatable bonds is 23. The summed E-state index contributed by atoms with van der Waals surface area (Å²) in [5.41, 5.74) is 3.23. The second kappa shape index (κ2) is 23.7. The van der Waals surface area contributed by atoms with Crippen LogP contribution in [0.3, 0.4) is 0 Å². The summed E-state index contributed by atoms with van der Waals surface area (Å²) in [6.45, 7) is 9.19. The van der Waals surface area contributed by atoms with Gasteiger partial charge in [-0.25, -0.2) is 22.0 Å². The molecular formula is C49H61F5N2O4. The predicted molar refractivity (Wildman–Crippen MR) is 225 cm³/mol. The molecule has 6 nitrogen and oxygen atoms in total. The van der Waals surface area contributed by atoms with Crippen molar-refractivity contribution in [2.24, 2.45) is 5.92 Å². The third-order valence-corrected chi connectivity index (χ3v) is 11.5. The highest BCUT2D eigenvalue weighted by Gasteiger charge is 2.39. The molecule has 4 aromatic rings. The first-order chi connectivity index (χ1) is 29.1. The molecule has 5 rings (SSSR count). The minimum atomic E-state index is -2.33. The van der Waals surface area contributed by atoms with Crippen molar-refractivity contribution in [1.29, 1.82) is 0 Å². The van der Waals surface area contributed by atoms with E-state index in [0.29, 0.717) is 5.56 Å². The summed E-state index contributed by atoms with van der Waals surface area (Å²) < 4.78 is 83.4. The molecule has 1 aliphatic rings. The first-order valence-electron chi connectivity index (χ1n) is 21.8. The molecule has 1 saturated heterocycles. The third kappa shape index (κ3) is 12.7. The topological polar surface area (TPSA) is 71.0 Å². The van der Waals surface area contributed by atoms with Gasteiger partial charge in [0.25, 0.3) is 5.91 Å². The highest BCUT2D eigenvalue weighted by atomic mass is 19.2. The number of ether oxygens (including phenoxy) is 2. The molecule has 0 saturated carbocycles. The van der Waals surface area contributed by atoms with E-state index in [1.165, 1.54) is 64.2 Å². The van der Waals surface area contributed by atoms with Gasteiger partial charge >= 0.3 is 0 Å². The largest absolute Gasteiger partial charge is 0.392 e. The van der Waals surface area contributed by atoms with Gasteiger partial charge < -0.3 is 24.8 Å². The maximum Gasteiger partial charge on any atom is 0.257 e. The van der Waals surface area contributed by atoms with E-state index in [4.69, 9.17) is 9.47 Å². The van der Waals surface area contributed by atoms with Crippen molar-refractivity contribution in [2.45, 2.75) is 129 Å². The summed E-state index contributed by atoms with van der Waals surface area (Å²) >= 11 is 0. The van der Waals surface area contributed by atoms with E-state index in [-0.39, 0.29) is 31.3 Å². The third-order valence-electron chi connectivity index (χ3n) is 11.5. The van der Waals surface area contributed by atoms with Crippen LogP contribution in [0.2, 0.25) is 0 Å². The summed E-state index contributed by atoms with van der Waals surface area (Å²) in [6.07, 6.45) is 13.7. The molecular weight excluding hydrogens is 776 g/mol. The van der Waals surface area contributed by atoms with Crippen LogP contribution in [0.15, 0.2) is 72.8 Å². The molecule has 2 N–H and O–H groups in total. The molecule has 1 aliphatic heterocycles. The van der Waals surface area contributed by atoms with Crippen molar-refractivity contribution in [3.05, 3.63) is 130 Å². The molecule has 1 fully saturated rings. The fourth-order valence-electron chi connectivity index (χ4n) is 7.91. The first kappa shape index (κ1) is 46.9. The van der Waals surface area contributed by atoms with Crippen molar-refractivity contribution in [3.63, 3.8) is 0 Å². The number of nitrogens with one attached hydrogen (secondary N) is 1. The lowest BCUT2D eigenvalue weighted by molar-refractivity contribution is -0.276. The molecule has 11 heteroatoms. The van der Waals surface area contributed by atoms with Crippen molar-refractivity contribution in [1.82, 2.24) is 10.2 Å². The fourth-order valence-corrected chi connectivity index (χ4v) is 7.91. The SMILES string of the molecule is CCCCCCCCN(CCCCCCCC)C[C@@H]1O[C@H](c2cccc(-c3cccc(CNC(=O)c4c(F)c(F)c(F)c(F)c4F)c3)c2)O[C@H](c2ccc(CO)cc2)[C@@H]1C. The number of carbonyl (C=O) groups is 1. The Morgan fingerprint density at radius 2 is 1.20 bits per heavy atom. The highest BCUT2D eigenvalue weighted by molar-refractivity contribution is 5.94. The van der Waals surface area contributed by atoms with Crippen molar-refractivity contribution < 1.29 is 41.3 Å². The monoisotopic (exact) mass is 836 g/mol. The van der Waals surface area contributed by atoms with Crippen LogP contribution in [0.4, 0.5) is 22.0 Å². The van der Waals surface area contributed by atoms with E-state index in [9.17, 15) is 31.9 Å². The van der Waals surface area contributed by atoms with Crippen molar-refractivity contribution in [2.75, 3.05) is 19.6 Å². The van der Waals surface area contributed by atoms with E-state index in [2.05, 4.69) is 31.0 Å². The molecule has 0 spiro atoms. The van der Waals surface area contributed by atoms with Gasteiger partial charge in [-0.15, -0.1) is 0 Å². The Morgan fingerprint density at radius 1 is 0.650 bits per heavy atom. The molecule has 1 amide bonds. The lowest BCUT2D eigenvalue weighted by atomic mass is 9.89. The van der Waals surface area contributed by atoms with Gasteiger partial charge in [0.05, 0.1) is 18.8 Å². The van der Waals surface area contributed by atoms with Gasteiger partial charge in [-0.3, -0.25) is 4.79 Å². The van der Waals surface area contributed by atoms with Gasteiger partial charge in [-0.2, -0.15) is 0 Å². The first-order valence-corrected chi connectivity index (χ1v) is 21.8. The van der Waals surface area contributed by atoms with Crippen LogP contribution in [0.1, 0.15) is 143 Å². The standard InChI is InChI=1S/C49H61F5N2O4/c1-4-6-8-10-12-14-26-56(27-15-13-11-9-7-5-2)31-40-33(3)47(36-24-22-34(32-57)23-25-36)60-49(59-40)39-21-17-20-38(29-39)37-19-16-18-35(28-37)30-55-48(58)41-42(50)44(52)46(54)45(53)43(41)51/h16-25,28-29,33,40,47,49,57H,4-15,26-27,30-32H2,1-3H3,(H,55,58)/t33-,40+,47+,49+/m1/s1. The minimum Gasteiger partial charge on any atom is -0.392 e. The number of carbonyl (C=O) groups excluding carboxylic acids is 1. The number of hydrogen-bond acceptors (Lipinski definition) is 5. The van der Waals surface area contributed by atoms with Crippen LogP contribution in [0.25, 0.3) is 11.1 Å². The van der Waals surface area contributed by atoms with E-state index in [1.54, 1.807) is 18.2 Å². The lowest BCUT2D eigenvalue weighted by Gasteiger charge is -2.43.